The van der Waals surface area contributed by atoms with Gasteiger partial charge in [0.25, 0.3) is 5.91 Å². The number of aliphatic hydroxyl groups excluding tert-OH is 2. The summed E-state index contributed by atoms with van der Waals surface area (Å²) in [6.45, 7) is 4.01. The van der Waals surface area contributed by atoms with Gasteiger partial charge in [-0.1, -0.05) is 6.92 Å². The topological polar surface area (TPSA) is 60.8 Å². The van der Waals surface area contributed by atoms with Crippen molar-refractivity contribution in [1.29, 1.82) is 0 Å². The zero-order chi connectivity index (χ0) is 10.0. The van der Waals surface area contributed by atoms with Crippen LogP contribution >= 0.6 is 0 Å². The number of likely N-dealkylation sites (tertiary alicyclic amines) is 1. The van der Waals surface area contributed by atoms with Gasteiger partial charge in [-0.15, -0.1) is 0 Å². The zero-order valence-corrected chi connectivity index (χ0v) is 8.10. The van der Waals surface area contributed by atoms with E-state index in [1.807, 2.05) is 6.92 Å². The molecule has 2 N–H and O–H groups in total. The summed E-state index contributed by atoms with van der Waals surface area (Å²) >= 11 is 0. The van der Waals surface area contributed by atoms with Crippen molar-refractivity contribution in [2.24, 2.45) is 0 Å². The summed E-state index contributed by atoms with van der Waals surface area (Å²) in [5, 5.41) is 18.6. The first-order valence-electron chi connectivity index (χ1n) is 4.72. The highest BCUT2D eigenvalue weighted by molar-refractivity contribution is 5.81. The van der Waals surface area contributed by atoms with Crippen LogP contribution in [0.25, 0.3) is 0 Å². The molecule has 3 unspecified atom stereocenters. The molecule has 1 fully saturated rings. The molecule has 13 heavy (non-hydrogen) atoms. The molecule has 1 aliphatic rings. The standard InChI is InChI=1S/C9H17NO3/c1-3-8(12)9(13)10-5-7(11)4-6(10)2/h6-8,11-12H,3-5H2,1-2H3. The van der Waals surface area contributed by atoms with E-state index in [1.54, 1.807) is 11.8 Å². The summed E-state index contributed by atoms with van der Waals surface area (Å²) in [6, 6.07) is 0.0451. The van der Waals surface area contributed by atoms with Crippen LogP contribution in [0.1, 0.15) is 26.7 Å². The minimum atomic E-state index is -0.909. The van der Waals surface area contributed by atoms with E-state index < -0.39 is 12.2 Å². The third-order valence-electron chi connectivity index (χ3n) is 2.51. The number of amides is 1. The Morgan fingerprint density at radius 2 is 2.31 bits per heavy atom. The number of hydrogen-bond donors (Lipinski definition) is 2. The van der Waals surface area contributed by atoms with Crippen molar-refractivity contribution in [2.45, 2.75) is 44.9 Å². The van der Waals surface area contributed by atoms with Gasteiger partial charge in [0.1, 0.15) is 6.10 Å². The van der Waals surface area contributed by atoms with E-state index in [0.29, 0.717) is 19.4 Å². The molecule has 1 rings (SSSR count). The van der Waals surface area contributed by atoms with E-state index in [2.05, 4.69) is 0 Å². The van der Waals surface area contributed by atoms with E-state index in [-0.39, 0.29) is 11.9 Å². The molecule has 0 aromatic heterocycles. The maximum atomic E-state index is 11.5. The smallest absolute Gasteiger partial charge is 0.251 e. The first-order valence-corrected chi connectivity index (χ1v) is 4.72. The third-order valence-corrected chi connectivity index (χ3v) is 2.51. The van der Waals surface area contributed by atoms with Crippen LogP contribution in [0.2, 0.25) is 0 Å². The quantitative estimate of drug-likeness (QED) is 0.626. The predicted octanol–water partition coefficient (Wildman–Crippen LogP) is -0.261. The summed E-state index contributed by atoms with van der Waals surface area (Å²) in [5.74, 6) is -0.258. The van der Waals surface area contributed by atoms with Gasteiger partial charge in [-0.2, -0.15) is 0 Å². The lowest BCUT2D eigenvalue weighted by atomic mass is 10.2. The number of aliphatic hydroxyl groups is 2. The van der Waals surface area contributed by atoms with Crippen molar-refractivity contribution >= 4 is 5.91 Å². The largest absolute Gasteiger partial charge is 0.391 e. The number of carbonyl (C=O) groups excluding carboxylic acids is 1. The van der Waals surface area contributed by atoms with E-state index in [0.717, 1.165) is 0 Å². The molecule has 0 saturated carbocycles. The minimum Gasteiger partial charge on any atom is -0.391 e. The van der Waals surface area contributed by atoms with Gasteiger partial charge < -0.3 is 15.1 Å². The third kappa shape index (κ3) is 2.19. The summed E-state index contributed by atoms with van der Waals surface area (Å²) in [5.41, 5.74) is 0. The van der Waals surface area contributed by atoms with Crippen LogP contribution in [0.4, 0.5) is 0 Å². The Labute approximate surface area is 78.2 Å². The Bertz CT molecular complexity index is 195. The maximum absolute atomic E-state index is 11.5. The van der Waals surface area contributed by atoms with Crippen molar-refractivity contribution in [1.82, 2.24) is 4.90 Å². The Morgan fingerprint density at radius 3 is 2.69 bits per heavy atom. The predicted molar refractivity (Wildman–Crippen MR) is 48.1 cm³/mol. The number of β-amino-alcohol motifs (C(OH)–C–C–N with tert-alkyl or cyclic N) is 1. The molecule has 0 spiro atoms. The van der Waals surface area contributed by atoms with Crippen molar-refractivity contribution in [3.05, 3.63) is 0 Å². The second-order valence-corrected chi connectivity index (χ2v) is 3.65. The Kier molecular flexibility index (Phi) is 3.27. The van der Waals surface area contributed by atoms with Crippen molar-refractivity contribution in [3.8, 4) is 0 Å². The van der Waals surface area contributed by atoms with Crippen molar-refractivity contribution < 1.29 is 15.0 Å². The summed E-state index contributed by atoms with van der Waals surface area (Å²) < 4.78 is 0. The minimum absolute atomic E-state index is 0.0451. The molecule has 1 heterocycles. The van der Waals surface area contributed by atoms with Gasteiger partial charge in [-0.3, -0.25) is 4.79 Å². The fourth-order valence-electron chi connectivity index (χ4n) is 1.68. The molecule has 0 aromatic carbocycles. The molecular formula is C9H17NO3. The molecule has 3 atom stereocenters. The van der Waals surface area contributed by atoms with E-state index in [4.69, 9.17) is 0 Å². The molecule has 1 aliphatic heterocycles. The lowest BCUT2D eigenvalue weighted by molar-refractivity contribution is -0.141. The van der Waals surface area contributed by atoms with Crippen LogP contribution in [0.3, 0.4) is 0 Å². The summed E-state index contributed by atoms with van der Waals surface area (Å²) in [4.78, 5) is 13.1. The first kappa shape index (κ1) is 10.5. The van der Waals surface area contributed by atoms with Crippen LogP contribution in [-0.2, 0) is 4.79 Å². The molecule has 0 radical (unpaired) electrons. The molecular weight excluding hydrogens is 170 g/mol. The van der Waals surface area contributed by atoms with Crippen molar-refractivity contribution in [3.63, 3.8) is 0 Å². The van der Waals surface area contributed by atoms with E-state index >= 15 is 0 Å². The van der Waals surface area contributed by atoms with Gasteiger partial charge in [-0.05, 0) is 19.8 Å². The lowest BCUT2D eigenvalue weighted by Crippen LogP contribution is -2.41. The van der Waals surface area contributed by atoms with E-state index in [1.165, 1.54) is 0 Å². The average Bonchev–Trinajstić information content (AvgIpc) is 2.42. The van der Waals surface area contributed by atoms with Crippen LogP contribution in [0.15, 0.2) is 0 Å². The Morgan fingerprint density at radius 1 is 1.69 bits per heavy atom. The first-order chi connectivity index (χ1) is 6.06. The number of rotatable bonds is 2. The highest BCUT2D eigenvalue weighted by atomic mass is 16.3. The maximum Gasteiger partial charge on any atom is 0.251 e. The van der Waals surface area contributed by atoms with Crippen LogP contribution in [0, 0.1) is 0 Å². The highest BCUT2D eigenvalue weighted by Crippen LogP contribution is 2.18. The highest BCUT2D eigenvalue weighted by Gasteiger charge is 2.33. The van der Waals surface area contributed by atoms with Gasteiger partial charge in [0, 0.05) is 12.6 Å². The van der Waals surface area contributed by atoms with Gasteiger partial charge in [0.15, 0.2) is 0 Å². The normalized spacial score (nSPS) is 30.6. The average molecular weight is 187 g/mol. The Balaban J connectivity index is 2.57. The number of carbonyl (C=O) groups is 1. The van der Waals surface area contributed by atoms with E-state index in [9.17, 15) is 15.0 Å². The van der Waals surface area contributed by atoms with Crippen molar-refractivity contribution in [2.75, 3.05) is 6.54 Å². The molecule has 1 saturated heterocycles. The molecule has 0 aromatic rings. The monoisotopic (exact) mass is 187 g/mol. The summed E-state index contributed by atoms with van der Waals surface area (Å²) in [6.07, 6.45) is -0.295. The molecule has 76 valence electrons. The van der Waals surface area contributed by atoms with Gasteiger partial charge in [-0.25, -0.2) is 0 Å². The van der Waals surface area contributed by atoms with Crippen LogP contribution < -0.4 is 0 Å². The molecule has 4 heteroatoms. The molecule has 0 aliphatic carbocycles. The molecule has 1 amide bonds. The SMILES string of the molecule is CCC(O)C(=O)N1CC(O)CC1C. The van der Waals surface area contributed by atoms with Gasteiger partial charge >= 0.3 is 0 Å². The lowest BCUT2D eigenvalue weighted by Gasteiger charge is -2.23. The molecule has 4 nitrogen and oxygen atoms in total. The zero-order valence-electron chi connectivity index (χ0n) is 8.10. The summed E-state index contributed by atoms with van der Waals surface area (Å²) in [7, 11) is 0. The fraction of sp³-hybridized carbons (Fsp3) is 0.889. The fourth-order valence-corrected chi connectivity index (χ4v) is 1.68. The Hall–Kier alpha value is -0.610. The number of nitrogens with zero attached hydrogens (tertiary/aromatic N) is 1. The second-order valence-electron chi connectivity index (χ2n) is 3.65. The van der Waals surface area contributed by atoms with Crippen LogP contribution in [-0.4, -0.2) is 45.8 Å². The number of hydrogen-bond acceptors (Lipinski definition) is 3. The molecule has 0 bridgehead atoms. The van der Waals surface area contributed by atoms with Gasteiger partial charge in [0.05, 0.1) is 6.10 Å². The van der Waals surface area contributed by atoms with Gasteiger partial charge in [0.2, 0.25) is 0 Å². The van der Waals surface area contributed by atoms with Crippen LogP contribution in [0.5, 0.6) is 0 Å². The second kappa shape index (κ2) is 4.07.